The fourth-order valence-corrected chi connectivity index (χ4v) is 6.77. The largest absolute Gasteiger partial charge is 0.508 e. The second-order valence-electron chi connectivity index (χ2n) is 10.8. The van der Waals surface area contributed by atoms with Gasteiger partial charge < -0.3 is 15.1 Å². The summed E-state index contributed by atoms with van der Waals surface area (Å²) >= 11 is 0. The lowest BCUT2D eigenvalue weighted by molar-refractivity contribution is -0.129. The summed E-state index contributed by atoms with van der Waals surface area (Å²) in [5.74, 6) is -1.20. The highest BCUT2D eigenvalue weighted by molar-refractivity contribution is 7.91. The predicted octanol–water partition coefficient (Wildman–Crippen LogP) is 6.78. The van der Waals surface area contributed by atoms with E-state index in [4.69, 9.17) is 0 Å². The monoisotopic (exact) mass is 599 g/mol. The minimum Gasteiger partial charge on any atom is -0.508 e. The Bertz CT molecular complexity index is 1240. The van der Waals surface area contributed by atoms with Crippen molar-refractivity contribution in [3.8, 4) is 5.75 Å². The molecule has 5 nitrogen and oxygen atoms in total. The van der Waals surface area contributed by atoms with Crippen molar-refractivity contribution in [1.82, 2.24) is 4.90 Å². The normalized spacial score (nSPS) is 14.4. The standard InChI is InChI=1S/C31H41F4NO4S/c32-26-12-10-24(11-13-26)28-9-5-7-25-23-27(38)14-15-29(25)30(28)8-3-1-2-4-17-36(19-20-37)18-6-21-41(39,40)22-16-31(33,34)35/h10-15,23,37-38H,1-9,16-22H2. The molecule has 0 heterocycles. The van der Waals surface area contributed by atoms with Crippen LogP contribution in [-0.2, 0) is 16.3 Å². The van der Waals surface area contributed by atoms with Crippen LogP contribution in [0.1, 0.15) is 74.5 Å². The number of nitrogens with zero attached hydrogens (tertiary/aromatic N) is 1. The molecule has 2 N–H and O–H groups in total. The average Bonchev–Trinajstić information content (AvgIpc) is 3.08. The van der Waals surface area contributed by atoms with Crippen LogP contribution in [-0.4, -0.2) is 67.5 Å². The molecule has 0 radical (unpaired) electrons. The molecule has 0 aliphatic heterocycles. The third kappa shape index (κ3) is 11.4. The number of phenols is 1. The number of halogens is 4. The molecule has 0 unspecified atom stereocenters. The summed E-state index contributed by atoms with van der Waals surface area (Å²) in [5.41, 5.74) is 5.73. The highest BCUT2D eigenvalue weighted by Crippen LogP contribution is 2.39. The van der Waals surface area contributed by atoms with Crippen LogP contribution in [0.2, 0.25) is 0 Å². The highest BCUT2D eigenvalue weighted by Gasteiger charge is 2.29. The molecular formula is C31H41F4NO4S. The number of benzene rings is 2. The van der Waals surface area contributed by atoms with Gasteiger partial charge in [-0.15, -0.1) is 0 Å². The fraction of sp³-hybridized carbons (Fsp3) is 0.548. The molecule has 228 valence electrons. The second kappa shape index (κ2) is 15.7. The number of rotatable bonds is 16. The van der Waals surface area contributed by atoms with Crippen LogP contribution >= 0.6 is 0 Å². The van der Waals surface area contributed by atoms with Crippen LogP contribution in [0.15, 0.2) is 42.5 Å². The van der Waals surface area contributed by atoms with E-state index in [1.165, 1.54) is 23.3 Å². The van der Waals surface area contributed by atoms with Gasteiger partial charge in [0.1, 0.15) is 11.6 Å². The lowest BCUT2D eigenvalue weighted by atomic mass is 9.89. The van der Waals surface area contributed by atoms with E-state index in [1.807, 2.05) is 29.2 Å². The van der Waals surface area contributed by atoms with E-state index in [2.05, 4.69) is 0 Å². The number of aliphatic hydroxyl groups is 1. The number of sulfone groups is 1. The third-order valence-corrected chi connectivity index (χ3v) is 9.27. The van der Waals surface area contributed by atoms with Gasteiger partial charge in [-0.05, 0) is 110 Å². The van der Waals surface area contributed by atoms with E-state index in [0.717, 1.165) is 68.1 Å². The van der Waals surface area contributed by atoms with Crippen molar-refractivity contribution < 1.29 is 36.2 Å². The smallest absolute Gasteiger partial charge is 0.390 e. The molecule has 0 aromatic heterocycles. The van der Waals surface area contributed by atoms with Crippen LogP contribution in [0.25, 0.3) is 11.1 Å². The minimum atomic E-state index is -4.49. The molecule has 41 heavy (non-hydrogen) atoms. The first-order valence-electron chi connectivity index (χ1n) is 14.4. The van der Waals surface area contributed by atoms with Crippen molar-refractivity contribution in [3.63, 3.8) is 0 Å². The summed E-state index contributed by atoms with van der Waals surface area (Å²) in [6, 6.07) is 12.1. The number of phenolic OH excluding ortho intramolecular Hbond substituents is 1. The molecule has 2 aromatic carbocycles. The van der Waals surface area contributed by atoms with E-state index >= 15 is 0 Å². The first kappa shape index (κ1) is 33.1. The van der Waals surface area contributed by atoms with E-state index in [9.17, 15) is 36.2 Å². The van der Waals surface area contributed by atoms with Crippen LogP contribution in [0.3, 0.4) is 0 Å². The Kier molecular flexibility index (Phi) is 12.7. The fourth-order valence-electron chi connectivity index (χ4n) is 5.45. The van der Waals surface area contributed by atoms with Crippen molar-refractivity contribution in [2.45, 2.75) is 70.4 Å². The maximum Gasteiger partial charge on any atom is 0.390 e. The molecule has 0 atom stereocenters. The van der Waals surface area contributed by atoms with E-state index in [1.54, 1.807) is 6.07 Å². The van der Waals surface area contributed by atoms with Gasteiger partial charge >= 0.3 is 6.18 Å². The number of unbranched alkanes of at least 4 members (excludes halogenated alkanes) is 3. The van der Waals surface area contributed by atoms with Crippen LogP contribution in [0, 0.1) is 5.82 Å². The molecule has 10 heteroatoms. The predicted molar refractivity (Wildman–Crippen MR) is 155 cm³/mol. The first-order valence-corrected chi connectivity index (χ1v) is 16.2. The van der Waals surface area contributed by atoms with Gasteiger partial charge in [-0.25, -0.2) is 12.8 Å². The topological polar surface area (TPSA) is 77.8 Å². The van der Waals surface area contributed by atoms with Gasteiger partial charge in [0.05, 0.1) is 24.5 Å². The zero-order valence-corrected chi connectivity index (χ0v) is 24.2. The van der Waals surface area contributed by atoms with E-state index in [-0.39, 0.29) is 30.3 Å². The summed E-state index contributed by atoms with van der Waals surface area (Å²) in [7, 11) is -3.77. The molecule has 0 amide bonds. The molecule has 0 saturated heterocycles. The van der Waals surface area contributed by atoms with Gasteiger partial charge in [0, 0.05) is 6.54 Å². The summed E-state index contributed by atoms with van der Waals surface area (Å²) < 4.78 is 74.5. The number of alkyl halides is 3. The summed E-state index contributed by atoms with van der Waals surface area (Å²) in [4.78, 5) is 1.96. The zero-order valence-electron chi connectivity index (χ0n) is 23.4. The van der Waals surface area contributed by atoms with E-state index < -0.39 is 28.2 Å². The molecular weight excluding hydrogens is 558 g/mol. The Balaban J connectivity index is 1.52. The van der Waals surface area contributed by atoms with Crippen LogP contribution in [0.4, 0.5) is 17.6 Å². The van der Waals surface area contributed by atoms with Crippen LogP contribution in [0.5, 0.6) is 5.75 Å². The number of aromatic hydroxyl groups is 1. The van der Waals surface area contributed by atoms with E-state index in [0.29, 0.717) is 19.6 Å². The molecule has 1 aliphatic rings. The number of allylic oxidation sites excluding steroid dienone is 2. The number of hydrogen-bond donors (Lipinski definition) is 2. The van der Waals surface area contributed by atoms with Gasteiger partial charge in [0.25, 0.3) is 0 Å². The summed E-state index contributed by atoms with van der Waals surface area (Å²) in [6.45, 7) is 1.40. The maximum atomic E-state index is 13.6. The SMILES string of the molecule is O=S(=O)(CCCN(CCO)CCCCCCC1=C(c2ccc(F)cc2)CCCc2cc(O)ccc21)CCC(F)(F)F. The molecule has 1 aliphatic carbocycles. The lowest BCUT2D eigenvalue weighted by Crippen LogP contribution is -2.30. The van der Waals surface area contributed by atoms with Crippen molar-refractivity contribution in [2.24, 2.45) is 0 Å². The quantitative estimate of drug-likeness (QED) is 0.164. The van der Waals surface area contributed by atoms with Gasteiger partial charge in [-0.1, -0.05) is 31.0 Å². The van der Waals surface area contributed by atoms with Crippen LogP contribution < -0.4 is 0 Å². The van der Waals surface area contributed by atoms with Crippen molar-refractivity contribution >= 4 is 21.0 Å². The Morgan fingerprint density at radius 3 is 2.27 bits per heavy atom. The number of aliphatic hydroxyl groups excluding tert-OH is 1. The molecule has 0 bridgehead atoms. The van der Waals surface area contributed by atoms with Gasteiger partial charge in [-0.2, -0.15) is 13.2 Å². The second-order valence-corrected chi connectivity index (χ2v) is 13.1. The van der Waals surface area contributed by atoms with Gasteiger partial charge in [0.15, 0.2) is 9.84 Å². The Hall–Kier alpha value is -2.43. The number of aryl methyl sites for hydroxylation is 1. The molecule has 2 aromatic rings. The Morgan fingerprint density at radius 2 is 1.56 bits per heavy atom. The molecule has 0 saturated carbocycles. The van der Waals surface area contributed by atoms with Crippen molar-refractivity contribution in [2.75, 3.05) is 37.7 Å². The van der Waals surface area contributed by atoms with Crippen molar-refractivity contribution in [1.29, 1.82) is 0 Å². The zero-order chi connectivity index (χ0) is 29.9. The average molecular weight is 600 g/mol. The Morgan fingerprint density at radius 1 is 0.854 bits per heavy atom. The maximum absolute atomic E-state index is 13.6. The molecule has 0 spiro atoms. The minimum absolute atomic E-state index is 0.0733. The van der Waals surface area contributed by atoms with Gasteiger partial charge in [-0.3, -0.25) is 0 Å². The first-order chi connectivity index (χ1) is 19.5. The van der Waals surface area contributed by atoms with Crippen molar-refractivity contribution in [3.05, 3.63) is 65.0 Å². The summed E-state index contributed by atoms with van der Waals surface area (Å²) in [6.07, 6.45) is 1.64. The molecule has 0 fully saturated rings. The number of fused-ring (bicyclic) bond motifs is 1. The highest BCUT2D eigenvalue weighted by atomic mass is 32.2. The number of hydrogen-bond acceptors (Lipinski definition) is 5. The van der Waals surface area contributed by atoms with Gasteiger partial charge in [0.2, 0.25) is 0 Å². The third-order valence-electron chi connectivity index (χ3n) is 7.54. The summed E-state index contributed by atoms with van der Waals surface area (Å²) in [5, 5.41) is 19.4. The lowest BCUT2D eigenvalue weighted by Gasteiger charge is -2.21. The molecule has 3 rings (SSSR count). The Labute approximate surface area is 240 Å².